The molecule has 7 heteroatoms. The Morgan fingerprint density at radius 3 is 3.00 bits per heavy atom. The van der Waals surface area contributed by atoms with Gasteiger partial charge >= 0.3 is 0 Å². The quantitative estimate of drug-likeness (QED) is 0.764. The van der Waals surface area contributed by atoms with Crippen LogP contribution < -0.4 is 10.9 Å². The molecule has 0 unspecified atom stereocenters. The number of rotatable bonds is 3. The molecule has 2 heterocycles. The lowest BCUT2D eigenvalue weighted by Crippen LogP contribution is -2.26. The first-order chi connectivity index (χ1) is 11.7. The van der Waals surface area contributed by atoms with E-state index < -0.39 is 0 Å². The summed E-state index contributed by atoms with van der Waals surface area (Å²) in [7, 11) is 0. The van der Waals surface area contributed by atoms with Crippen LogP contribution in [-0.4, -0.2) is 21.0 Å². The van der Waals surface area contributed by atoms with Gasteiger partial charge in [0.15, 0.2) is 0 Å². The average molecular weight is 324 g/mol. The number of aryl methyl sites for hydroxylation is 1. The van der Waals surface area contributed by atoms with Crippen LogP contribution in [0, 0.1) is 0 Å². The molecule has 7 nitrogen and oxygen atoms in total. The summed E-state index contributed by atoms with van der Waals surface area (Å²) in [5, 5.41) is 7.24. The summed E-state index contributed by atoms with van der Waals surface area (Å²) in [4.78, 5) is 31.4. The molecule has 0 bridgehead atoms. The molecule has 3 aromatic rings. The Morgan fingerprint density at radius 1 is 1.25 bits per heavy atom. The maximum absolute atomic E-state index is 12.3. The predicted octanol–water partition coefficient (Wildman–Crippen LogP) is 1.72. The Hall–Kier alpha value is -2.96. The fourth-order valence-corrected chi connectivity index (χ4v) is 3.03. The number of hydrogen-bond donors (Lipinski definition) is 2. The molecule has 1 amide bonds. The van der Waals surface area contributed by atoms with Crippen molar-refractivity contribution in [1.82, 2.24) is 20.4 Å². The number of H-pyrrole nitrogens is 1. The molecule has 2 N–H and O–H groups in total. The lowest BCUT2D eigenvalue weighted by molar-refractivity contribution is 0.0911. The molecule has 0 aliphatic heterocycles. The van der Waals surface area contributed by atoms with Gasteiger partial charge in [-0.3, -0.25) is 9.59 Å². The second kappa shape index (κ2) is 5.92. The molecule has 1 aliphatic rings. The van der Waals surface area contributed by atoms with Gasteiger partial charge in [-0.2, -0.15) is 0 Å². The molecule has 0 atom stereocenters. The van der Waals surface area contributed by atoms with E-state index in [-0.39, 0.29) is 23.8 Å². The highest BCUT2D eigenvalue weighted by Gasteiger charge is 2.24. The van der Waals surface area contributed by atoms with Crippen LogP contribution >= 0.6 is 0 Å². The third-order valence-corrected chi connectivity index (χ3v) is 4.24. The Kier molecular flexibility index (Phi) is 3.60. The average Bonchev–Trinajstić information content (AvgIpc) is 3.04. The van der Waals surface area contributed by atoms with Crippen molar-refractivity contribution >= 4 is 16.8 Å². The Morgan fingerprint density at radius 2 is 2.08 bits per heavy atom. The number of aromatic nitrogens is 3. The van der Waals surface area contributed by atoms with Crippen LogP contribution in [0.1, 0.15) is 40.5 Å². The lowest BCUT2D eigenvalue weighted by atomic mass is 9.96. The number of nitrogens with one attached hydrogen (secondary N) is 2. The van der Waals surface area contributed by atoms with Crippen LogP contribution in [0.3, 0.4) is 0 Å². The SMILES string of the molecule is O=C(NCc1nc2ccccc2c(=O)[nH]1)c1onc2c1CCCC2. The number of carbonyl (C=O) groups excluding carboxylic acids is 1. The molecular weight excluding hydrogens is 308 g/mol. The van der Waals surface area contributed by atoms with E-state index in [1.807, 2.05) is 6.07 Å². The zero-order chi connectivity index (χ0) is 16.5. The van der Waals surface area contributed by atoms with Gasteiger partial charge in [-0.1, -0.05) is 17.3 Å². The zero-order valence-electron chi connectivity index (χ0n) is 13.0. The number of nitrogens with zero attached hydrogens (tertiary/aromatic N) is 2. The summed E-state index contributed by atoms with van der Waals surface area (Å²) >= 11 is 0. The predicted molar refractivity (Wildman–Crippen MR) is 86.7 cm³/mol. The zero-order valence-corrected chi connectivity index (χ0v) is 13.0. The van der Waals surface area contributed by atoms with Gasteiger partial charge in [0.2, 0.25) is 5.76 Å². The van der Waals surface area contributed by atoms with E-state index in [0.29, 0.717) is 16.7 Å². The molecule has 0 saturated heterocycles. The van der Waals surface area contributed by atoms with Gasteiger partial charge in [0, 0.05) is 5.56 Å². The lowest BCUT2D eigenvalue weighted by Gasteiger charge is -2.09. The first-order valence-electron chi connectivity index (χ1n) is 7.96. The Labute approximate surface area is 137 Å². The van der Waals surface area contributed by atoms with Gasteiger partial charge in [0.1, 0.15) is 5.82 Å². The van der Waals surface area contributed by atoms with Crippen molar-refractivity contribution < 1.29 is 9.32 Å². The molecule has 24 heavy (non-hydrogen) atoms. The third-order valence-electron chi connectivity index (χ3n) is 4.24. The number of benzene rings is 1. The van der Waals surface area contributed by atoms with E-state index in [0.717, 1.165) is 36.9 Å². The van der Waals surface area contributed by atoms with E-state index in [4.69, 9.17) is 4.52 Å². The van der Waals surface area contributed by atoms with Crippen LogP contribution in [-0.2, 0) is 19.4 Å². The van der Waals surface area contributed by atoms with Gasteiger partial charge in [-0.15, -0.1) is 0 Å². The maximum Gasteiger partial charge on any atom is 0.290 e. The molecule has 122 valence electrons. The highest BCUT2D eigenvalue weighted by atomic mass is 16.5. The Bertz CT molecular complexity index is 973. The second-order valence-corrected chi connectivity index (χ2v) is 5.86. The number of hydrogen-bond acceptors (Lipinski definition) is 5. The van der Waals surface area contributed by atoms with Crippen molar-refractivity contribution in [3.8, 4) is 0 Å². The first-order valence-corrected chi connectivity index (χ1v) is 7.96. The highest BCUT2D eigenvalue weighted by molar-refractivity contribution is 5.93. The van der Waals surface area contributed by atoms with Crippen molar-refractivity contribution in [1.29, 1.82) is 0 Å². The molecule has 2 aromatic heterocycles. The molecule has 1 aromatic carbocycles. The smallest absolute Gasteiger partial charge is 0.290 e. The normalized spacial score (nSPS) is 13.7. The highest BCUT2D eigenvalue weighted by Crippen LogP contribution is 2.23. The van der Waals surface area contributed by atoms with Crippen molar-refractivity contribution in [2.24, 2.45) is 0 Å². The standard InChI is InChI=1S/C17H16N4O3/c22-16-11-6-2-3-7-12(11)19-14(20-16)9-18-17(23)15-10-5-1-4-8-13(10)21-24-15/h2-3,6-7H,1,4-5,8-9H2,(H,18,23)(H,19,20,22). The summed E-state index contributed by atoms with van der Waals surface area (Å²) in [5.74, 6) is 0.342. The third kappa shape index (κ3) is 2.58. The van der Waals surface area contributed by atoms with Crippen LogP contribution in [0.2, 0.25) is 0 Å². The van der Waals surface area contributed by atoms with Gasteiger partial charge in [0.05, 0.1) is 23.1 Å². The minimum Gasteiger partial charge on any atom is -0.350 e. The van der Waals surface area contributed by atoms with E-state index in [1.54, 1.807) is 18.2 Å². The molecule has 1 aliphatic carbocycles. The van der Waals surface area contributed by atoms with Crippen LogP contribution in [0.15, 0.2) is 33.6 Å². The van der Waals surface area contributed by atoms with Crippen LogP contribution in [0.5, 0.6) is 0 Å². The second-order valence-electron chi connectivity index (χ2n) is 5.86. The molecule has 0 radical (unpaired) electrons. The van der Waals surface area contributed by atoms with Crippen LogP contribution in [0.4, 0.5) is 0 Å². The number of amides is 1. The number of carbonyl (C=O) groups is 1. The van der Waals surface area contributed by atoms with E-state index in [2.05, 4.69) is 20.4 Å². The minimum absolute atomic E-state index is 0.119. The monoisotopic (exact) mass is 324 g/mol. The minimum atomic E-state index is -0.332. The summed E-state index contributed by atoms with van der Waals surface area (Å²) in [6.07, 6.45) is 3.77. The van der Waals surface area contributed by atoms with Gasteiger partial charge in [-0.25, -0.2) is 4.98 Å². The van der Waals surface area contributed by atoms with Crippen molar-refractivity contribution in [2.75, 3.05) is 0 Å². The fraction of sp³-hybridized carbons (Fsp3) is 0.294. The summed E-state index contributed by atoms with van der Waals surface area (Å²) in [6, 6.07) is 7.08. The number of para-hydroxylation sites is 1. The van der Waals surface area contributed by atoms with Gasteiger partial charge < -0.3 is 14.8 Å². The Balaban J connectivity index is 1.54. The molecule has 0 saturated carbocycles. The first kappa shape index (κ1) is 14.6. The van der Waals surface area contributed by atoms with E-state index in [9.17, 15) is 9.59 Å². The van der Waals surface area contributed by atoms with E-state index >= 15 is 0 Å². The maximum atomic E-state index is 12.3. The van der Waals surface area contributed by atoms with Crippen molar-refractivity contribution in [3.05, 3.63) is 57.5 Å². The van der Waals surface area contributed by atoms with Gasteiger partial charge in [-0.05, 0) is 37.8 Å². The topological polar surface area (TPSA) is 101 Å². The molecule has 0 spiro atoms. The van der Waals surface area contributed by atoms with E-state index in [1.165, 1.54) is 0 Å². The largest absolute Gasteiger partial charge is 0.350 e. The van der Waals surface area contributed by atoms with Crippen molar-refractivity contribution in [2.45, 2.75) is 32.2 Å². The van der Waals surface area contributed by atoms with Gasteiger partial charge in [0.25, 0.3) is 11.5 Å². The summed E-state index contributed by atoms with van der Waals surface area (Å²) in [5.41, 5.74) is 2.16. The number of fused-ring (bicyclic) bond motifs is 2. The van der Waals surface area contributed by atoms with Crippen molar-refractivity contribution in [3.63, 3.8) is 0 Å². The fourth-order valence-electron chi connectivity index (χ4n) is 3.03. The molecular formula is C17H16N4O3. The molecule has 4 rings (SSSR count). The molecule has 0 fully saturated rings. The van der Waals surface area contributed by atoms with Crippen LogP contribution in [0.25, 0.3) is 10.9 Å². The summed E-state index contributed by atoms with van der Waals surface area (Å²) < 4.78 is 5.21. The number of aromatic amines is 1. The summed E-state index contributed by atoms with van der Waals surface area (Å²) in [6.45, 7) is 0.119.